The molecule has 9 nitrogen and oxygen atoms in total. The minimum absolute atomic E-state index is 0.103. The maximum Gasteiger partial charge on any atom is 0.244 e. The lowest BCUT2D eigenvalue weighted by Gasteiger charge is -2.34. The van der Waals surface area contributed by atoms with E-state index in [1.165, 1.54) is 25.2 Å². The average molecular weight is 582 g/mol. The zero-order chi connectivity index (χ0) is 30.0. The molecule has 0 aliphatic carbocycles. The second kappa shape index (κ2) is 14.5. The van der Waals surface area contributed by atoms with Crippen molar-refractivity contribution in [3.63, 3.8) is 0 Å². The highest BCUT2D eigenvalue weighted by molar-refractivity contribution is 7.92. The summed E-state index contributed by atoms with van der Waals surface area (Å²) in [5.74, 6) is -0.0766. The Bertz CT molecular complexity index is 1400. The molecule has 0 spiro atoms. The van der Waals surface area contributed by atoms with Gasteiger partial charge in [-0.2, -0.15) is 0 Å². The van der Waals surface area contributed by atoms with Crippen LogP contribution in [0.3, 0.4) is 0 Å². The maximum absolute atomic E-state index is 14.1. The Morgan fingerprint density at radius 1 is 0.878 bits per heavy atom. The molecule has 0 saturated heterocycles. The van der Waals surface area contributed by atoms with E-state index in [0.29, 0.717) is 11.5 Å². The number of hydrogen-bond donors (Lipinski definition) is 1. The molecule has 0 fully saturated rings. The normalized spacial score (nSPS) is 12.6. The maximum atomic E-state index is 14.1. The van der Waals surface area contributed by atoms with E-state index in [2.05, 4.69) is 5.32 Å². The van der Waals surface area contributed by atoms with Crippen molar-refractivity contribution < 1.29 is 27.5 Å². The van der Waals surface area contributed by atoms with E-state index < -0.39 is 28.5 Å². The molecular weight excluding hydrogens is 542 g/mol. The first kappa shape index (κ1) is 31.5. The Labute approximate surface area is 243 Å². The third-order valence-electron chi connectivity index (χ3n) is 6.80. The average Bonchev–Trinajstić information content (AvgIpc) is 2.97. The lowest BCUT2D eigenvalue weighted by atomic mass is 10.0. The quantitative estimate of drug-likeness (QED) is 0.308. The van der Waals surface area contributed by atoms with Gasteiger partial charge < -0.3 is 19.7 Å². The summed E-state index contributed by atoms with van der Waals surface area (Å²) in [6.07, 6.45) is 2.02. The van der Waals surface area contributed by atoms with Gasteiger partial charge in [0.25, 0.3) is 0 Å². The van der Waals surface area contributed by atoms with Crippen LogP contribution in [0.25, 0.3) is 0 Å². The largest absolute Gasteiger partial charge is 0.493 e. The molecule has 0 aromatic heterocycles. The number of methoxy groups -OCH3 is 2. The molecule has 10 heteroatoms. The Balaban J connectivity index is 2.06. The molecule has 0 radical (unpaired) electrons. The first-order valence-corrected chi connectivity index (χ1v) is 15.3. The monoisotopic (exact) mass is 581 g/mol. The van der Waals surface area contributed by atoms with Crippen LogP contribution in [0.5, 0.6) is 11.5 Å². The zero-order valence-corrected chi connectivity index (χ0v) is 25.1. The smallest absolute Gasteiger partial charge is 0.244 e. The molecule has 1 N–H and O–H groups in total. The van der Waals surface area contributed by atoms with Crippen LogP contribution < -0.4 is 19.1 Å². The molecule has 220 valence electrons. The molecule has 0 bridgehead atoms. The first-order valence-electron chi connectivity index (χ1n) is 13.4. The third-order valence-corrected chi connectivity index (χ3v) is 7.94. The lowest BCUT2D eigenvalue weighted by Crippen LogP contribution is -2.54. The highest BCUT2D eigenvalue weighted by Crippen LogP contribution is 2.32. The van der Waals surface area contributed by atoms with E-state index >= 15 is 0 Å². The van der Waals surface area contributed by atoms with Gasteiger partial charge >= 0.3 is 0 Å². The van der Waals surface area contributed by atoms with Gasteiger partial charge in [-0.15, -0.1) is 0 Å². The Morgan fingerprint density at radius 3 is 2.00 bits per heavy atom. The highest BCUT2D eigenvalue weighted by atomic mass is 32.2. The zero-order valence-electron chi connectivity index (χ0n) is 24.2. The molecular formula is C31H39N3O6S. The Morgan fingerprint density at radius 2 is 1.46 bits per heavy atom. The number of ether oxygens (including phenoxy) is 2. The molecule has 0 saturated carbocycles. The van der Waals surface area contributed by atoms with Crippen molar-refractivity contribution in [2.75, 3.05) is 31.3 Å². The van der Waals surface area contributed by atoms with Crippen LogP contribution >= 0.6 is 0 Å². The van der Waals surface area contributed by atoms with Crippen molar-refractivity contribution >= 4 is 27.5 Å². The van der Waals surface area contributed by atoms with Crippen LogP contribution in [-0.4, -0.2) is 64.2 Å². The number of benzene rings is 3. The summed E-state index contributed by atoms with van der Waals surface area (Å²) in [6.45, 7) is 3.48. The van der Waals surface area contributed by atoms with E-state index in [1.807, 2.05) is 74.5 Å². The number of hydrogen-bond acceptors (Lipinski definition) is 6. The Hall–Kier alpha value is -4.05. The predicted octanol–water partition coefficient (Wildman–Crippen LogP) is 4.02. The molecule has 0 aliphatic heterocycles. The summed E-state index contributed by atoms with van der Waals surface area (Å²) in [6, 6.07) is 22.4. The molecule has 3 aromatic rings. The molecule has 41 heavy (non-hydrogen) atoms. The van der Waals surface area contributed by atoms with E-state index in [9.17, 15) is 18.0 Å². The topological polar surface area (TPSA) is 105 Å². The second-order valence-corrected chi connectivity index (χ2v) is 11.7. The number of rotatable bonds is 14. The minimum atomic E-state index is -3.90. The van der Waals surface area contributed by atoms with Crippen LogP contribution in [0.1, 0.15) is 31.4 Å². The van der Waals surface area contributed by atoms with Crippen molar-refractivity contribution in [1.29, 1.82) is 0 Å². The third kappa shape index (κ3) is 8.72. The van der Waals surface area contributed by atoms with E-state index in [4.69, 9.17) is 9.47 Å². The van der Waals surface area contributed by atoms with Gasteiger partial charge in [0.15, 0.2) is 11.5 Å². The number of nitrogens with zero attached hydrogens (tertiary/aromatic N) is 2. The van der Waals surface area contributed by atoms with Crippen molar-refractivity contribution in [3.8, 4) is 11.5 Å². The number of anilines is 1. The first-order chi connectivity index (χ1) is 19.6. The number of carbonyl (C=O) groups excluding carboxylic acids is 2. The van der Waals surface area contributed by atoms with Crippen molar-refractivity contribution in [2.24, 2.45) is 0 Å². The molecule has 2 atom stereocenters. The van der Waals surface area contributed by atoms with Crippen molar-refractivity contribution in [1.82, 2.24) is 10.2 Å². The predicted molar refractivity (Wildman–Crippen MR) is 161 cm³/mol. The number of amides is 2. The van der Waals surface area contributed by atoms with E-state index in [-0.39, 0.29) is 30.6 Å². The molecule has 0 unspecified atom stereocenters. The van der Waals surface area contributed by atoms with Crippen LogP contribution in [-0.2, 0) is 32.6 Å². The summed E-state index contributed by atoms with van der Waals surface area (Å²) in [5, 5.41) is 3.02. The van der Waals surface area contributed by atoms with Gasteiger partial charge in [-0.05, 0) is 36.6 Å². The SMILES string of the molecule is CC[C@H](C)NC(=O)[C@@H](Cc1ccccc1)N(Cc1ccccc1)C(=O)CN(c1ccc(OC)c(OC)c1)S(C)(=O)=O. The lowest BCUT2D eigenvalue weighted by molar-refractivity contribution is -0.140. The fourth-order valence-corrected chi connectivity index (χ4v) is 5.21. The number of nitrogens with one attached hydrogen (secondary N) is 1. The molecule has 0 aliphatic rings. The molecule has 3 aromatic carbocycles. The molecule has 3 rings (SSSR count). The summed E-state index contributed by atoms with van der Waals surface area (Å²) in [7, 11) is -0.975. The standard InChI is InChI=1S/C31H39N3O6S/c1-6-23(2)32-31(36)27(19-24-13-9-7-10-14-24)33(21-25-15-11-8-12-16-25)30(35)22-34(41(5,37)38)26-17-18-28(39-3)29(20-26)40-4/h7-18,20,23,27H,6,19,21-22H2,1-5H3,(H,32,36)/t23-,27+/m0/s1. The summed E-state index contributed by atoms with van der Waals surface area (Å²) >= 11 is 0. The van der Waals surface area contributed by atoms with Crippen LogP contribution in [0.4, 0.5) is 5.69 Å². The minimum Gasteiger partial charge on any atom is -0.493 e. The van der Waals surface area contributed by atoms with Crippen molar-refractivity contribution in [3.05, 3.63) is 90.0 Å². The van der Waals surface area contributed by atoms with Crippen LogP contribution in [0.2, 0.25) is 0 Å². The van der Waals surface area contributed by atoms with Gasteiger partial charge in [0, 0.05) is 25.1 Å². The highest BCUT2D eigenvalue weighted by Gasteiger charge is 2.33. The van der Waals surface area contributed by atoms with Gasteiger partial charge in [0.05, 0.1) is 26.2 Å². The van der Waals surface area contributed by atoms with E-state index in [1.54, 1.807) is 12.1 Å². The van der Waals surface area contributed by atoms with Crippen LogP contribution in [0.15, 0.2) is 78.9 Å². The number of sulfonamides is 1. The number of carbonyl (C=O) groups is 2. The Kier molecular flexibility index (Phi) is 11.2. The van der Waals surface area contributed by atoms with Crippen LogP contribution in [0, 0.1) is 0 Å². The summed E-state index contributed by atoms with van der Waals surface area (Å²) in [5.41, 5.74) is 1.93. The fraction of sp³-hybridized carbons (Fsp3) is 0.355. The fourth-order valence-electron chi connectivity index (χ4n) is 4.37. The van der Waals surface area contributed by atoms with Gasteiger partial charge in [-0.25, -0.2) is 8.42 Å². The molecule has 2 amide bonds. The molecule has 0 heterocycles. The second-order valence-electron chi connectivity index (χ2n) is 9.84. The summed E-state index contributed by atoms with van der Waals surface area (Å²) in [4.78, 5) is 29.3. The van der Waals surface area contributed by atoms with E-state index in [0.717, 1.165) is 28.1 Å². The van der Waals surface area contributed by atoms with Crippen molar-refractivity contribution in [2.45, 2.75) is 45.3 Å². The van der Waals surface area contributed by atoms with Gasteiger partial charge in [0.1, 0.15) is 12.6 Å². The van der Waals surface area contributed by atoms with Gasteiger partial charge in [-0.1, -0.05) is 67.6 Å². The van der Waals surface area contributed by atoms with Gasteiger partial charge in [-0.3, -0.25) is 13.9 Å². The van der Waals surface area contributed by atoms with Gasteiger partial charge in [0.2, 0.25) is 21.8 Å². The summed E-state index contributed by atoms with van der Waals surface area (Å²) < 4.78 is 37.6.